The number of esters is 1. The monoisotopic (exact) mass is 1360 g/mol. The molecule has 9 fully saturated rings. The Kier molecular flexibility index (Phi) is 23.8. The smallest absolute Gasteiger partial charge is 0.547 e. The molecule has 5 saturated heterocycles. The Bertz CT molecular complexity index is 2630. The Morgan fingerprint density at radius 2 is 1.19 bits per heavy atom. The number of fused-ring (bicyclic) bond motifs is 7. The third-order valence-corrected chi connectivity index (χ3v) is 24.1. The topological polar surface area (TPSA) is 503 Å². The molecular weight excluding hydrogens is 1260 g/mol. The minimum Gasteiger partial charge on any atom is -0.547 e. The molecule has 35 atom stereocenters. The fraction of sp³-hybridized carbons (Fsp3) is 0.935. The van der Waals surface area contributed by atoms with Crippen molar-refractivity contribution < 1.29 is 183 Å². The third kappa shape index (κ3) is 13.3. The molecule has 5 heterocycles. The van der Waals surface area contributed by atoms with E-state index in [9.17, 15) is 102 Å². The van der Waals surface area contributed by atoms with Crippen LogP contribution in [-0.2, 0) is 61.7 Å². The summed E-state index contributed by atoms with van der Waals surface area (Å²) in [4.78, 5) is 25.7. The quantitative estimate of drug-likeness (QED) is 0.0262. The van der Waals surface area contributed by atoms with Crippen LogP contribution in [0, 0.1) is 50.2 Å². The molecule has 0 aromatic carbocycles. The van der Waals surface area contributed by atoms with Crippen LogP contribution >= 0.6 is 0 Å². The minimum absolute atomic E-state index is 0. The van der Waals surface area contributed by atoms with Gasteiger partial charge in [-0.25, -0.2) is 0 Å². The van der Waals surface area contributed by atoms with Crippen molar-refractivity contribution in [3.63, 3.8) is 0 Å². The average molecular weight is 1360 g/mol. The van der Waals surface area contributed by atoms with Crippen molar-refractivity contribution in [1.29, 1.82) is 0 Å². The van der Waals surface area contributed by atoms with Crippen LogP contribution in [0.5, 0.6) is 0 Å². The summed E-state index contributed by atoms with van der Waals surface area (Å²) >= 11 is 0. The molecule has 5 aliphatic heterocycles. The second kappa shape index (κ2) is 29.2. The summed E-state index contributed by atoms with van der Waals surface area (Å²) in [5.41, 5.74) is -3.24. The van der Waals surface area contributed by atoms with Crippen molar-refractivity contribution in [2.24, 2.45) is 50.2 Å². The van der Waals surface area contributed by atoms with Gasteiger partial charge in [-0.1, -0.05) is 46.3 Å². The van der Waals surface area contributed by atoms with Crippen LogP contribution in [0.15, 0.2) is 11.6 Å². The number of aliphatic hydroxyl groups excluding tert-OH is 17. The molecule has 4 saturated carbocycles. The first-order chi connectivity index (χ1) is 43.6. The van der Waals surface area contributed by atoms with Crippen molar-refractivity contribution in [3.8, 4) is 0 Å². The number of ether oxygens (including phenoxy) is 11. The van der Waals surface area contributed by atoms with E-state index in [0.29, 0.717) is 38.5 Å². The van der Waals surface area contributed by atoms with Gasteiger partial charge < -0.3 is 149 Å². The van der Waals surface area contributed by atoms with Gasteiger partial charge in [0.1, 0.15) is 123 Å². The minimum atomic E-state index is -2.04. The predicted molar refractivity (Wildman–Crippen MR) is 306 cm³/mol. The van der Waals surface area contributed by atoms with Gasteiger partial charge in [-0.2, -0.15) is 0 Å². The maximum Gasteiger partial charge on any atom is 1.00 e. The summed E-state index contributed by atoms with van der Waals surface area (Å²) in [6, 6.07) is 0. The van der Waals surface area contributed by atoms with E-state index >= 15 is 0 Å². The largest absolute Gasteiger partial charge is 1.00 e. The summed E-state index contributed by atoms with van der Waals surface area (Å²) in [7, 11) is 0. The molecule has 17 N–H and O–H groups in total. The number of hydrogen-bond acceptors (Lipinski definition) is 31. The van der Waals surface area contributed by atoms with Crippen LogP contribution in [0.2, 0.25) is 0 Å². The van der Waals surface area contributed by atoms with Gasteiger partial charge in [0, 0.05) is 5.41 Å². The molecule has 534 valence electrons. The predicted octanol–water partition coefficient (Wildman–Crippen LogP) is -9.46. The molecule has 10 aliphatic rings. The maximum atomic E-state index is 14.2. The maximum absolute atomic E-state index is 14.2. The van der Waals surface area contributed by atoms with E-state index in [1.54, 1.807) is 6.92 Å². The zero-order valence-corrected chi connectivity index (χ0v) is 56.3. The molecule has 0 aromatic heterocycles. The first kappa shape index (κ1) is 76.8. The van der Waals surface area contributed by atoms with Crippen LogP contribution in [0.25, 0.3) is 0 Å². The van der Waals surface area contributed by atoms with Crippen LogP contribution in [0.3, 0.4) is 0 Å². The number of allylic oxidation sites excluding steroid dienone is 2. The van der Waals surface area contributed by atoms with Crippen molar-refractivity contribution in [2.75, 3.05) is 39.6 Å². The Balaban J connectivity index is 0.0000104. The van der Waals surface area contributed by atoms with Crippen molar-refractivity contribution in [2.45, 2.75) is 272 Å². The summed E-state index contributed by atoms with van der Waals surface area (Å²) in [6.45, 7) is 10.3. The molecule has 0 bridgehead atoms. The Morgan fingerprint density at radius 3 is 1.82 bits per heavy atom. The van der Waals surface area contributed by atoms with Gasteiger partial charge in [-0.05, 0) is 111 Å². The summed E-state index contributed by atoms with van der Waals surface area (Å²) in [5.74, 6) is -3.00. The molecule has 94 heavy (non-hydrogen) atoms. The molecule has 0 amide bonds. The van der Waals surface area contributed by atoms with Crippen LogP contribution < -0.4 is 34.7 Å². The van der Waals surface area contributed by atoms with E-state index in [4.69, 9.17) is 52.1 Å². The summed E-state index contributed by atoms with van der Waals surface area (Å²) in [6.07, 6.45) is -38.7. The summed E-state index contributed by atoms with van der Waals surface area (Å²) < 4.78 is 65.2. The van der Waals surface area contributed by atoms with Crippen LogP contribution in [0.1, 0.15) is 106 Å². The van der Waals surface area contributed by atoms with E-state index in [0.717, 1.165) is 5.57 Å². The van der Waals surface area contributed by atoms with E-state index in [1.165, 1.54) is 6.92 Å². The van der Waals surface area contributed by atoms with Gasteiger partial charge in [0.15, 0.2) is 31.5 Å². The van der Waals surface area contributed by atoms with Gasteiger partial charge >= 0.3 is 35.5 Å². The Morgan fingerprint density at radius 1 is 0.606 bits per heavy atom. The van der Waals surface area contributed by atoms with Crippen molar-refractivity contribution in [1.82, 2.24) is 0 Å². The first-order valence-corrected chi connectivity index (χ1v) is 32.5. The number of carbonyl (C=O) groups excluding carboxylic acids is 2. The zero-order valence-electron chi connectivity index (χ0n) is 54.3. The van der Waals surface area contributed by atoms with Gasteiger partial charge in [0.25, 0.3) is 0 Å². The number of carbonyl (C=O) groups is 2. The SMILES string of the molecule is C[C@@H]1O[C@@H](O[C@H]2[C@H](O[C@H]3CO[C@@H](O[C@H]4CC[C@@]5(C)C(CC[C@]6(C)C5CC=C5C7CC(C)(C(=O)OCC(O)CO[C@H]8O[C@H](C(=O)[O-])[C@@H](O)[C@H](O)[C@H]8O)CC[C@]7(CO)[C@H](O)C[C@]56C)C4(C)C)[C@H](O[C@@H]4O[C@H](CO)[C@@H](O)[C@H](O)[C@H]4O)[C@H]3O)O[C@H](CO)[C@@H](O)[C@@H]2O)[C@H](O)[C@H](O)[C@H]1O.[Na+]. The number of hydrogen-bond donors (Lipinski definition) is 17. The standard InChI is InChI=1S/C62H100O31.Na/c1-24-35(68)39(72)45(78)52(86-24)93-49-42(75)37(70)29(19-64)88-55(49)89-30-22-84-54(48(38(30)71)92-53-46(79)40(73)36(69)28(18-63)87-53)90-34-11-12-59(5)31(57(34,2)3)10-13-60(6)32(59)9-8-26-27-16-58(4,14-15-62(27,23-65)33(67)17-61(26,60)7)56(82)85-21-25(66)20-83-51-44(77)41(74)43(76)47(91-51)50(80)81;/h8,24-25,27-49,51-55,63-79H,9-23H2,1-7H3,(H,80,81);/q;+1/p-1/t24-,25?,27?,28+,29+,30-,31?,32?,33+,34-,35-,36+,37+,38-,39+,40-,41-,42-,43-,44+,45+,46+,47-,48+,49+,51-,52-,53-,54-,55-,58?,59-,60+,61+,62+;/m0./s1. The fourth-order valence-electron chi connectivity index (χ4n) is 18.1. The number of rotatable bonds is 18. The molecular formula is C62H99NaO31. The number of aliphatic carboxylic acids is 1. The van der Waals surface area contributed by atoms with E-state index < -0.39 is 244 Å². The second-order valence-corrected chi connectivity index (χ2v) is 29.7. The van der Waals surface area contributed by atoms with Gasteiger partial charge in [-0.3, -0.25) is 4.79 Å². The molecule has 5 aliphatic carbocycles. The van der Waals surface area contributed by atoms with Crippen LogP contribution in [-0.4, -0.2) is 304 Å². The Labute approximate surface area is 566 Å². The first-order valence-electron chi connectivity index (χ1n) is 32.5. The van der Waals surface area contributed by atoms with Gasteiger partial charge in [-0.15, -0.1) is 0 Å². The number of carboxylic acid groups (broad SMARTS) is 1. The van der Waals surface area contributed by atoms with Gasteiger partial charge in [0.05, 0.1) is 62.7 Å². The average Bonchev–Trinajstić information content (AvgIpc) is 0.674. The van der Waals surface area contributed by atoms with E-state index in [2.05, 4.69) is 40.7 Å². The molecule has 10 rings (SSSR count). The molecule has 31 nitrogen and oxygen atoms in total. The van der Waals surface area contributed by atoms with Crippen LogP contribution in [0.4, 0.5) is 0 Å². The van der Waals surface area contributed by atoms with Crippen molar-refractivity contribution >= 4 is 11.9 Å². The third-order valence-electron chi connectivity index (χ3n) is 24.1. The normalized spacial score (nSPS) is 52.1. The van der Waals surface area contributed by atoms with Gasteiger partial charge in [0.2, 0.25) is 0 Å². The zero-order chi connectivity index (χ0) is 68.1. The molecule has 0 aromatic rings. The number of carboxylic acids is 1. The van der Waals surface area contributed by atoms with Crippen molar-refractivity contribution in [3.05, 3.63) is 11.6 Å². The Hall–Kier alpha value is -1.40. The molecule has 32 heteroatoms. The second-order valence-electron chi connectivity index (χ2n) is 29.7. The van der Waals surface area contributed by atoms with E-state index in [-0.39, 0.29) is 72.7 Å². The fourth-order valence-corrected chi connectivity index (χ4v) is 18.1. The number of aliphatic hydroxyl groups is 17. The molecule has 0 radical (unpaired) electrons. The summed E-state index contributed by atoms with van der Waals surface area (Å²) in [5, 5.41) is 196. The molecule has 0 spiro atoms. The van der Waals surface area contributed by atoms with E-state index in [1.807, 2.05) is 0 Å². The molecule has 5 unspecified atom stereocenters.